The van der Waals surface area contributed by atoms with Gasteiger partial charge in [-0.1, -0.05) is 0 Å². The van der Waals surface area contributed by atoms with E-state index in [1.54, 1.807) is 12.1 Å². The molecule has 118 valence electrons. The highest BCUT2D eigenvalue weighted by atomic mass is 16.1. The highest BCUT2D eigenvalue weighted by molar-refractivity contribution is 5.99. The zero-order valence-corrected chi connectivity index (χ0v) is 13.7. The summed E-state index contributed by atoms with van der Waals surface area (Å²) >= 11 is 0. The van der Waals surface area contributed by atoms with Gasteiger partial charge in [0.1, 0.15) is 0 Å². The maximum Gasteiger partial charge on any atom is 0.178 e. The molecule has 0 atom stereocenters. The first-order valence-electron chi connectivity index (χ1n) is 8.05. The van der Waals surface area contributed by atoms with E-state index in [-0.39, 0.29) is 5.78 Å². The van der Waals surface area contributed by atoms with Crippen molar-refractivity contribution in [3.05, 3.63) is 52.8 Å². The molecule has 1 aliphatic rings. The number of likely N-dealkylation sites (tertiary alicyclic amines) is 1. The third kappa shape index (κ3) is 3.06. The second-order valence-electron chi connectivity index (χ2n) is 6.19. The van der Waals surface area contributed by atoms with Crippen LogP contribution < -0.4 is 0 Å². The first kappa shape index (κ1) is 15.5. The minimum atomic E-state index is 0.194. The summed E-state index contributed by atoms with van der Waals surface area (Å²) in [4.78, 5) is 14.9. The Kier molecular flexibility index (Phi) is 4.31. The van der Waals surface area contributed by atoms with E-state index in [4.69, 9.17) is 5.26 Å². The van der Waals surface area contributed by atoms with Crippen LogP contribution in [0.4, 0.5) is 0 Å². The second-order valence-corrected chi connectivity index (χ2v) is 6.19. The largest absolute Gasteiger partial charge is 0.318 e. The van der Waals surface area contributed by atoms with Crippen LogP contribution in [-0.4, -0.2) is 34.9 Å². The molecule has 2 aromatic rings. The first-order valence-corrected chi connectivity index (χ1v) is 8.05. The maximum absolute atomic E-state index is 12.6. The summed E-state index contributed by atoms with van der Waals surface area (Å²) in [5.41, 5.74) is 4.44. The Balaban J connectivity index is 1.89. The number of rotatable bonds is 4. The fraction of sp³-hybridized carbons (Fsp3) is 0.368. The van der Waals surface area contributed by atoms with Crippen LogP contribution in [0, 0.1) is 25.2 Å². The zero-order valence-electron chi connectivity index (χ0n) is 13.7. The minimum Gasteiger partial charge on any atom is -0.318 e. The number of nitrogens with zero attached hydrogens (tertiary/aromatic N) is 3. The molecule has 23 heavy (non-hydrogen) atoms. The van der Waals surface area contributed by atoms with E-state index in [1.165, 1.54) is 12.8 Å². The Bertz CT molecular complexity index is 759. The first-order chi connectivity index (χ1) is 11.1. The monoisotopic (exact) mass is 307 g/mol. The number of carbonyl (C=O) groups is 1. The van der Waals surface area contributed by atoms with Gasteiger partial charge in [0.25, 0.3) is 0 Å². The van der Waals surface area contributed by atoms with E-state index in [1.807, 2.05) is 32.0 Å². The van der Waals surface area contributed by atoms with Crippen molar-refractivity contribution in [3.8, 4) is 11.8 Å². The number of Topliss-reactive ketones (excluding diaryl/α,β-unsaturated/α-hetero) is 1. The van der Waals surface area contributed by atoms with Crippen LogP contribution in [0.3, 0.4) is 0 Å². The Morgan fingerprint density at radius 2 is 1.83 bits per heavy atom. The number of aryl methyl sites for hydroxylation is 1. The van der Waals surface area contributed by atoms with E-state index in [0.717, 1.165) is 35.7 Å². The lowest BCUT2D eigenvalue weighted by molar-refractivity contribution is 0.0944. The van der Waals surface area contributed by atoms with Crippen molar-refractivity contribution in [1.82, 2.24) is 9.47 Å². The van der Waals surface area contributed by atoms with E-state index in [9.17, 15) is 4.79 Å². The number of hydrogen-bond donors (Lipinski definition) is 0. The SMILES string of the molecule is Cc1cc(C(=O)CN2CCCC2)c(C)n1-c1ccc(C#N)cc1. The van der Waals surface area contributed by atoms with Crippen molar-refractivity contribution in [2.75, 3.05) is 19.6 Å². The summed E-state index contributed by atoms with van der Waals surface area (Å²) in [6, 6.07) is 11.6. The van der Waals surface area contributed by atoms with Crippen molar-refractivity contribution in [1.29, 1.82) is 5.26 Å². The number of hydrogen-bond acceptors (Lipinski definition) is 3. The molecule has 4 nitrogen and oxygen atoms in total. The molecule has 1 aromatic heterocycles. The third-order valence-electron chi connectivity index (χ3n) is 4.55. The average molecular weight is 307 g/mol. The lowest BCUT2D eigenvalue weighted by Crippen LogP contribution is -2.27. The van der Waals surface area contributed by atoms with Crippen LogP contribution in [0.15, 0.2) is 30.3 Å². The lowest BCUT2D eigenvalue weighted by Gasteiger charge is -2.13. The standard InChI is InChI=1S/C19H21N3O/c1-14-11-18(19(23)13-21-9-3-4-10-21)15(2)22(14)17-7-5-16(12-20)6-8-17/h5-8,11H,3-4,9-10,13H2,1-2H3. The van der Waals surface area contributed by atoms with Crippen molar-refractivity contribution >= 4 is 5.78 Å². The van der Waals surface area contributed by atoms with Crippen molar-refractivity contribution < 1.29 is 4.79 Å². The number of ketones is 1. The molecule has 1 aliphatic heterocycles. The van der Waals surface area contributed by atoms with Crippen LogP contribution in [0.1, 0.15) is 40.2 Å². The Morgan fingerprint density at radius 3 is 2.43 bits per heavy atom. The highest BCUT2D eigenvalue weighted by Gasteiger charge is 2.20. The number of carbonyl (C=O) groups excluding carboxylic acids is 1. The molecule has 0 aliphatic carbocycles. The van der Waals surface area contributed by atoms with Crippen LogP contribution in [-0.2, 0) is 0 Å². The van der Waals surface area contributed by atoms with Gasteiger partial charge in [-0.15, -0.1) is 0 Å². The molecular formula is C19H21N3O. The Hall–Kier alpha value is -2.38. The van der Waals surface area contributed by atoms with Crippen LogP contribution in [0.25, 0.3) is 5.69 Å². The molecule has 0 amide bonds. The zero-order chi connectivity index (χ0) is 16.4. The molecule has 1 saturated heterocycles. The van der Waals surface area contributed by atoms with Gasteiger partial charge in [-0.2, -0.15) is 5.26 Å². The molecule has 4 heteroatoms. The summed E-state index contributed by atoms with van der Waals surface area (Å²) < 4.78 is 2.08. The lowest BCUT2D eigenvalue weighted by atomic mass is 10.1. The van der Waals surface area contributed by atoms with Crippen LogP contribution in [0.5, 0.6) is 0 Å². The van der Waals surface area contributed by atoms with Gasteiger partial charge < -0.3 is 4.57 Å². The topological polar surface area (TPSA) is 49.0 Å². The van der Waals surface area contributed by atoms with Crippen molar-refractivity contribution in [2.45, 2.75) is 26.7 Å². The van der Waals surface area contributed by atoms with E-state index >= 15 is 0 Å². The third-order valence-corrected chi connectivity index (χ3v) is 4.55. The van der Waals surface area contributed by atoms with Crippen LogP contribution in [0.2, 0.25) is 0 Å². The summed E-state index contributed by atoms with van der Waals surface area (Å²) in [5, 5.41) is 8.91. The Morgan fingerprint density at radius 1 is 1.17 bits per heavy atom. The quantitative estimate of drug-likeness (QED) is 0.815. The second kappa shape index (κ2) is 6.39. The average Bonchev–Trinajstić information content (AvgIpc) is 3.15. The number of benzene rings is 1. The molecule has 0 saturated carbocycles. The number of nitriles is 1. The molecule has 0 radical (unpaired) electrons. The van der Waals surface area contributed by atoms with Gasteiger partial charge in [0.2, 0.25) is 0 Å². The molecule has 0 N–H and O–H groups in total. The van der Waals surface area contributed by atoms with E-state index in [2.05, 4.69) is 15.5 Å². The highest BCUT2D eigenvalue weighted by Crippen LogP contribution is 2.22. The predicted octanol–water partition coefficient (Wildman–Crippen LogP) is 3.24. The molecule has 3 rings (SSSR count). The molecule has 0 bridgehead atoms. The molecule has 1 fully saturated rings. The molecule has 2 heterocycles. The summed E-state index contributed by atoms with van der Waals surface area (Å²) in [5.74, 6) is 0.194. The van der Waals surface area contributed by atoms with Gasteiger partial charge in [0, 0.05) is 22.6 Å². The summed E-state index contributed by atoms with van der Waals surface area (Å²) in [6.45, 7) is 6.57. The van der Waals surface area contributed by atoms with E-state index in [0.29, 0.717) is 12.1 Å². The maximum atomic E-state index is 12.6. The van der Waals surface area contributed by atoms with Gasteiger partial charge >= 0.3 is 0 Å². The van der Waals surface area contributed by atoms with Gasteiger partial charge in [-0.25, -0.2) is 0 Å². The molecule has 1 aromatic carbocycles. The number of aromatic nitrogens is 1. The Labute approximate surface area is 137 Å². The van der Waals surface area contributed by atoms with E-state index < -0.39 is 0 Å². The normalized spacial score (nSPS) is 14.8. The van der Waals surface area contributed by atoms with Gasteiger partial charge in [0.15, 0.2) is 5.78 Å². The summed E-state index contributed by atoms with van der Waals surface area (Å²) in [6.07, 6.45) is 2.38. The fourth-order valence-electron chi connectivity index (χ4n) is 3.36. The van der Waals surface area contributed by atoms with Gasteiger partial charge in [-0.3, -0.25) is 9.69 Å². The fourth-order valence-corrected chi connectivity index (χ4v) is 3.36. The van der Waals surface area contributed by atoms with Gasteiger partial charge in [-0.05, 0) is 70.1 Å². The molecular weight excluding hydrogens is 286 g/mol. The van der Waals surface area contributed by atoms with Gasteiger partial charge in [0.05, 0.1) is 18.2 Å². The smallest absolute Gasteiger partial charge is 0.178 e. The van der Waals surface area contributed by atoms with Crippen molar-refractivity contribution in [2.24, 2.45) is 0 Å². The predicted molar refractivity (Wildman–Crippen MR) is 90.0 cm³/mol. The molecule has 0 spiro atoms. The van der Waals surface area contributed by atoms with Crippen molar-refractivity contribution in [3.63, 3.8) is 0 Å². The van der Waals surface area contributed by atoms with Crippen LogP contribution >= 0.6 is 0 Å². The molecule has 0 unspecified atom stereocenters. The minimum absolute atomic E-state index is 0.194. The summed E-state index contributed by atoms with van der Waals surface area (Å²) in [7, 11) is 0.